The zero-order chi connectivity index (χ0) is 11.5. The van der Waals surface area contributed by atoms with Gasteiger partial charge in [-0.25, -0.2) is 0 Å². The van der Waals surface area contributed by atoms with E-state index in [9.17, 15) is 0 Å². The summed E-state index contributed by atoms with van der Waals surface area (Å²) in [6, 6.07) is 0.778. The summed E-state index contributed by atoms with van der Waals surface area (Å²) in [5.41, 5.74) is 0. The van der Waals surface area contributed by atoms with Crippen molar-refractivity contribution < 1.29 is 0 Å². The lowest BCUT2D eigenvalue weighted by molar-refractivity contribution is 0.0996. The second-order valence-electron chi connectivity index (χ2n) is 5.91. The lowest BCUT2D eigenvalue weighted by atomic mass is 9.88. The second-order valence-corrected chi connectivity index (χ2v) is 5.91. The Morgan fingerprint density at radius 1 is 1.38 bits per heavy atom. The average molecular weight is 225 g/mol. The Morgan fingerprint density at radius 3 is 2.69 bits per heavy atom. The number of nitrogens with one attached hydrogen (secondary N) is 1. The highest BCUT2D eigenvalue weighted by atomic mass is 15.2. The number of hydrogen-bond donors (Lipinski definition) is 1. The van der Waals surface area contributed by atoms with Crippen molar-refractivity contribution in [2.45, 2.75) is 25.8 Å². The second kappa shape index (κ2) is 5.48. The van der Waals surface area contributed by atoms with Crippen molar-refractivity contribution in [1.82, 2.24) is 15.1 Å². The highest BCUT2D eigenvalue weighted by molar-refractivity contribution is 4.84. The van der Waals surface area contributed by atoms with Gasteiger partial charge in [0.15, 0.2) is 0 Å². The lowest BCUT2D eigenvalue weighted by Crippen LogP contribution is -2.51. The van der Waals surface area contributed by atoms with E-state index < -0.39 is 0 Å². The fourth-order valence-corrected chi connectivity index (χ4v) is 2.89. The van der Waals surface area contributed by atoms with Crippen LogP contribution >= 0.6 is 0 Å². The van der Waals surface area contributed by atoms with Crippen molar-refractivity contribution in [2.75, 3.05) is 46.8 Å². The standard InChI is InChI=1S/C13H27N3/c1-11(12-7-14-8-12)9-16-6-4-5-13(10-16)15(2)3/h11-14H,4-10H2,1-3H3. The fraction of sp³-hybridized carbons (Fsp3) is 1.00. The molecule has 0 amide bonds. The quantitative estimate of drug-likeness (QED) is 0.766. The van der Waals surface area contributed by atoms with E-state index in [1.54, 1.807) is 0 Å². The monoisotopic (exact) mass is 225 g/mol. The molecule has 0 radical (unpaired) electrons. The molecule has 0 spiro atoms. The molecule has 0 aromatic rings. The Labute approximate surface area is 100 Å². The van der Waals surface area contributed by atoms with Gasteiger partial charge in [-0.1, -0.05) is 6.92 Å². The van der Waals surface area contributed by atoms with Gasteiger partial charge in [0.2, 0.25) is 0 Å². The Kier molecular flexibility index (Phi) is 4.22. The van der Waals surface area contributed by atoms with E-state index in [-0.39, 0.29) is 0 Å². The fourth-order valence-electron chi connectivity index (χ4n) is 2.89. The van der Waals surface area contributed by atoms with Crippen molar-refractivity contribution in [3.8, 4) is 0 Å². The molecule has 0 aliphatic carbocycles. The summed E-state index contributed by atoms with van der Waals surface area (Å²) in [6.45, 7) is 8.80. The summed E-state index contributed by atoms with van der Waals surface area (Å²) in [5.74, 6) is 1.79. The van der Waals surface area contributed by atoms with Crippen LogP contribution in [0.2, 0.25) is 0 Å². The number of likely N-dealkylation sites (N-methyl/N-ethyl adjacent to an activating group) is 1. The van der Waals surface area contributed by atoms with Crippen LogP contribution in [0.15, 0.2) is 0 Å². The zero-order valence-corrected chi connectivity index (χ0v) is 11.1. The average Bonchev–Trinajstić information content (AvgIpc) is 2.15. The predicted molar refractivity (Wildman–Crippen MR) is 68.7 cm³/mol. The molecule has 2 heterocycles. The molecule has 2 atom stereocenters. The van der Waals surface area contributed by atoms with E-state index in [2.05, 4.69) is 36.1 Å². The van der Waals surface area contributed by atoms with Gasteiger partial charge >= 0.3 is 0 Å². The van der Waals surface area contributed by atoms with Crippen molar-refractivity contribution in [1.29, 1.82) is 0 Å². The van der Waals surface area contributed by atoms with Crippen molar-refractivity contribution >= 4 is 0 Å². The molecule has 0 aromatic carbocycles. The van der Waals surface area contributed by atoms with Gasteiger partial charge in [0.25, 0.3) is 0 Å². The van der Waals surface area contributed by atoms with Crippen LogP contribution in [0.4, 0.5) is 0 Å². The molecular weight excluding hydrogens is 198 g/mol. The minimum absolute atomic E-state index is 0.778. The maximum absolute atomic E-state index is 3.38. The molecule has 0 aromatic heterocycles. The first kappa shape index (κ1) is 12.3. The minimum atomic E-state index is 0.778. The molecule has 2 saturated heterocycles. The maximum atomic E-state index is 3.38. The minimum Gasteiger partial charge on any atom is -0.316 e. The molecule has 3 heteroatoms. The first-order valence-electron chi connectivity index (χ1n) is 6.76. The molecule has 2 aliphatic rings. The predicted octanol–water partition coefficient (Wildman–Crippen LogP) is 0.868. The van der Waals surface area contributed by atoms with Gasteiger partial charge in [-0.3, -0.25) is 0 Å². The van der Waals surface area contributed by atoms with Gasteiger partial charge in [-0.05, 0) is 58.4 Å². The van der Waals surface area contributed by atoms with Gasteiger partial charge in [0, 0.05) is 19.1 Å². The summed E-state index contributed by atoms with van der Waals surface area (Å²) in [6.07, 6.45) is 2.75. The van der Waals surface area contributed by atoms with E-state index in [0.717, 1.165) is 17.9 Å². The third-order valence-corrected chi connectivity index (χ3v) is 4.37. The van der Waals surface area contributed by atoms with Crippen LogP contribution in [0.25, 0.3) is 0 Å². The first-order chi connectivity index (χ1) is 7.66. The molecule has 2 unspecified atom stereocenters. The highest BCUT2D eigenvalue weighted by Crippen LogP contribution is 2.20. The van der Waals surface area contributed by atoms with Gasteiger partial charge in [0.1, 0.15) is 0 Å². The third kappa shape index (κ3) is 2.96. The summed E-state index contributed by atoms with van der Waals surface area (Å²) < 4.78 is 0. The summed E-state index contributed by atoms with van der Waals surface area (Å²) in [4.78, 5) is 5.07. The molecule has 94 valence electrons. The molecule has 2 fully saturated rings. The van der Waals surface area contributed by atoms with Crippen LogP contribution in [0, 0.1) is 11.8 Å². The molecule has 2 rings (SSSR count). The van der Waals surface area contributed by atoms with Crippen LogP contribution in [0.1, 0.15) is 19.8 Å². The number of nitrogens with zero attached hydrogens (tertiary/aromatic N) is 2. The molecule has 0 saturated carbocycles. The maximum Gasteiger partial charge on any atom is 0.0217 e. The number of rotatable bonds is 4. The third-order valence-electron chi connectivity index (χ3n) is 4.37. The van der Waals surface area contributed by atoms with Crippen LogP contribution in [0.5, 0.6) is 0 Å². The molecule has 2 aliphatic heterocycles. The van der Waals surface area contributed by atoms with Gasteiger partial charge in [0.05, 0.1) is 0 Å². The number of hydrogen-bond acceptors (Lipinski definition) is 3. The largest absolute Gasteiger partial charge is 0.316 e. The van der Waals surface area contributed by atoms with Gasteiger partial charge < -0.3 is 15.1 Å². The summed E-state index contributed by atoms with van der Waals surface area (Å²) in [7, 11) is 4.43. The van der Waals surface area contributed by atoms with Gasteiger partial charge in [-0.15, -0.1) is 0 Å². The van der Waals surface area contributed by atoms with E-state index in [0.29, 0.717) is 0 Å². The van der Waals surface area contributed by atoms with Crippen molar-refractivity contribution in [3.05, 3.63) is 0 Å². The molecule has 0 bridgehead atoms. The Bertz CT molecular complexity index is 213. The Morgan fingerprint density at radius 2 is 2.12 bits per heavy atom. The first-order valence-corrected chi connectivity index (χ1v) is 6.76. The smallest absolute Gasteiger partial charge is 0.0217 e. The molecule has 1 N–H and O–H groups in total. The van der Waals surface area contributed by atoms with E-state index in [1.807, 2.05) is 0 Å². The Hall–Kier alpha value is -0.120. The number of likely N-dealkylation sites (tertiary alicyclic amines) is 1. The molecule has 3 nitrogen and oxygen atoms in total. The van der Waals surface area contributed by atoms with Crippen LogP contribution in [0.3, 0.4) is 0 Å². The van der Waals surface area contributed by atoms with Crippen LogP contribution in [-0.4, -0.2) is 62.7 Å². The van der Waals surface area contributed by atoms with E-state index in [1.165, 1.54) is 45.6 Å². The van der Waals surface area contributed by atoms with Gasteiger partial charge in [-0.2, -0.15) is 0 Å². The van der Waals surface area contributed by atoms with Crippen molar-refractivity contribution in [2.24, 2.45) is 11.8 Å². The molecular formula is C13H27N3. The topological polar surface area (TPSA) is 18.5 Å². The molecule has 16 heavy (non-hydrogen) atoms. The van der Waals surface area contributed by atoms with Crippen molar-refractivity contribution in [3.63, 3.8) is 0 Å². The summed E-state index contributed by atoms with van der Waals surface area (Å²) >= 11 is 0. The van der Waals surface area contributed by atoms with Crippen LogP contribution < -0.4 is 5.32 Å². The SMILES string of the molecule is CC(CN1CCCC(N(C)C)C1)C1CNC1. The summed E-state index contributed by atoms with van der Waals surface area (Å²) in [5, 5.41) is 3.38. The zero-order valence-electron chi connectivity index (χ0n) is 11.1. The highest BCUT2D eigenvalue weighted by Gasteiger charge is 2.27. The Balaban J connectivity index is 1.75. The van der Waals surface area contributed by atoms with Crippen LogP contribution in [-0.2, 0) is 0 Å². The van der Waals surface area contributed by atoms with E-state index >= 15 is 0 Å². The lowest BCUT2D eigenvalue weighted by Gasteiger charge is -2.40. The normalized spacial score (nSPS) is 30.4. The van der Waals surface area contributed by atoms with E-state index in [4.69, 9.17) is 0 Å². The number of piperidine rings is 1.